The monoisotopic (exact) mass is 178 g/mol. The van der Waals surface area contributed by atoms with Crippen LogP contribution in [0.15, 0.2) is 35.0 Å². The van der Waals surface area contributed by atoms with E-state index in [4.69, 9.17) is 0 Å². The summed E-state index contributed by atoms with van der Waals surface area (Å²) in [5, 5.41) is 7.97. The Bertz CT molecular complexity index is 230. The Labute approximate surface area is 80.8 Å². The van der Waals surface area contributed by atoms with Gasteiger partial charge in [-0.05, 0) is 32.4 Å². The Morgan fingerprint density at radius 3 is 2.46 bits per heavy atom. The number of hydrogen-bond donors (Lipinski definition) is 0. The van der Waals surface area contributed by atoms with Crippen LogP contribution in [0, 0.1) is 0 Å². The molecular weight excluding hydrogens is 160 g/mol. The standard InChI is InChI=1S/C11H18N2/c1-5-7-8-9-11(6-2)13-12-10(3)4/h6,8-9H,2,5,7H2,1,3-4H3/b9-8-,13-11+. The van der Waals surface area contributed by atoms with Gasteiger partial charge in [-0.2, -0.15) is 10.2 Å². The van der Waals surface area contributed by atoms with Gasteiger partial charge in [0, 0.05) is 5.71 Å². The predicted molar refractivity (Wildman–Crippen MR) is 60.5 cm³/mol. The first-order valence-electron chi connectivity index (χ1n) is 4.58. The topological polar surface area (TPSA) is 24.7 Å². The normalized spacial score (nSPS) is 11.8. The van der Waals surface area contributed by atoms with Gasteiger partial charge in [0.05, 0.1) is 5.71 Å². The van der Waals surface area contributed by atoms with Crippen LogP contribution in [0.4, 0.5) is 0 Å². The van der Waals surface area contributed by atoms with Crippen molar-refractivity contribution in [1.29, 1.82) is 0 Å². The largest absolute Gasteiger partial charge is 0.160 e. The van der Waals surface area contributed by atoms with Crippen LogP contribution in [0.1, 0.15) is 33.6 Å². The smallest absolute Gasteiger partial charge is 0.0847 e. The Kier molecular flexibility index (Phi) is 6.79. The first-order valence-corrected chi connectivity index (χ1v) is 4.58. The molecule has 0 heterocycles. The Balaban J connectivity index is 4.25. The van der Waals surface area contributed by atoms with Crippen molar-refractivity contribution in [2.24, 2.45) is 10.2 Å². The van der Waals surface area contributed by atoms with E-state index in [0.29, 0.717) is 0 Å². The maximum absolute atomic E-state index is 4.01. The van der Waals surface area contributed by atoms with Gasteiger partial charge in [0.2, 0.25) is 0 Å². The van der Waals surface area contributed by atoms with Crippen LogP contribution in [0.5, 0.6) is 0 Å². The fourth-order valence-corrected chi connectivity index (χ4v) is 0.671. The average Bonchev–Trinajstić information content (AvgIpc) is 2.10. The summed E-state index contributed by atoms with van der Waals surface area (Å²) in [6.07, 6.45) is 7.96. The highest BCUT2D eigenvalue weighted by Gasteiger charge is 1.84. The van der Waals surface area contributed by atoms with E-state index in [1.807, 2.05) is 19.9 Å². The molecule has 13 heavy (non-hydrogen) atoms. The summed E-state index contributed by atoms with van der Waals surface area (Å²) in [4.78, 5) is 0. The Hall–Kier alpha value is -1.18. The fraction of sp³-hybridized carbons (Fsp3) is 0.455. The summed E-state index contributed by atoms with van der Waals surface area (Å²) in [6, 6.07) is 0. The molecule has 0 unspecified atom stereocenters. The highest BCUT2D eigenvalue weighted by atomic mass is 15.2. The zero-order valence-electron chi connectivity index (χ0n) is 8.75. The Morgan fingerprint density at radius 1 is 1.31 bits per heavy atom. The lowest BCUT2D eigenvalue weighted by Crippen LogP contribution is -1.86. The summed E-state index contributed by atoms with van der Waals surface area (Å²) in [5.74, 6) is 0. The quantitative estimate of drug-likeness (QED) is 0.455. The molecule has 0 aromatic rings. The molecule has 0 aromatic carbocycles. The molecule has 0 saturated heterocycles. The second-order valence-electron chi connectivity index (χ2n) is 2.97. The van der Waals surface area contributed by atoms with Gasteiger partial charge in [-0.15, -0.1) is 0 Å². The van der Waals surface area contributed by atoms with E-state index in [-0.39, 0.29) is 0 Å². The molecule has 0 fully saturated rings. The summed E-state index contributed by atoms with van der Waals surface area (Å²) in [6.45, 7) is 9.64. The van der Waals surface area contributed by atoms with E-state index >= 15 is 0 Å². The third-order valence-electron chi connectivity index (χ3n) is 1.32. The van der Waals surface area contributed by atoms with Crippen LogP contribution >= 0.6 is 0 Å². The van der Waals surface area contributed by atoms with Gasteiger partial charge >= 0.3 is 0 Å². The van der Waals surface area contributed by atoms with Crippen molar-refractivity contribution < 1.29 is 0 Å². The van der Waals surface area contributed by atoms with E-state index < -0.39 is 0 Å². The molecule has 2 nitrogen and oxygen atoms in total. The minimum Gasteiger partial charge on any atom is -0.160 e. The summed E-state index contributed by atoms with van der Waals surface area (Å²) >= 11 is 0. The van der Waals surface area contributed by atoms with Crippen LogP contribution in [-0.2, 0) is 0 Å². The maximum Gasteiger partial charge on any atom is 0.0847 e. The van der Waals surface area contributed by atoms with Crippen molar-refractivity contribution in [3.05, 3.63) is 24.8 Å². The number of hydrogen-bond acceptors (Lipinski definition) is 2. The molecule has 0 bridgehead atoms. The molecule has 0 amide bonds. The van der Waals surface area contributed by atoms with Gasteiger partial charge < -0.3 is 0 Å². The molecule has 0 aliphatic carbocycles. The van der Waals surface area contributed by atoms with Crippen molar-refractivity contribution in [1.82, 2.24) is 0 Å². The van der Waals surface area contributed by atoms with Crippen LogP contribution in [-0.4, -0.2) is 11.4 Å². The molecule has 0 spiro atoms. The molecule has 0 aliphatic rings. The van der Waals surface area contributed by atoms with Crippen LogP contribution in [0.3, 0.4) is 0 Å². The average molecular weight is 178 g/mol. The molecule has 0 aromatic heterocycles. The molecule has 0 rings (SSSR count). The molecule has 0 N–H and O–H groups in total. The molecule has 0 atom stereocenters. The van der Waals surface area contributed by atoms with Crippen molar-refractivity contribution in [2.45, 2.75) is 33.6 Å². The fourth-order valence-electron chi connectivity index (χ4n) is 0.671. The van der Waals surface area contributed by atoms with Gasteiger partial charge in [0.15, 0.2) is 0 Å². The predicted octanol–water partition coefficient (Wildman–Crippen LogP) is 3.37. The highest BCUT2D eigenvalue weighted by molar-refractivity contribution is 6.03. The summed E-state index contributed by atoms with van der Waals surface area (Å²) in [5.41, 5.74) is 1.76. The first kappa shape index (κ1) is 11.8. The maximum atomic E-state index is 4.01. The molecule has 72 valence electrons. The lowest BCUT2D eigenvalue weighted by molar-refractivity contribution is 0.959. The highest BCUT2D eigenvalue weighted by Crippen LogP contribution is 1.92. The SMILES string of the molecule is C=CC(/C=C\CCC)=N\N=C(C)C. The molecule has 0 aliphatic heterocycles. The van der Waals surface area contributed by atoms with Crippen molar-refractivity contribution in [3.63, 3.8) is 0 Å². The van der Waals surface area contributed by atoms with E-state index in [0.717, 1.165) is 24.3 Å². The van der Waals surface area contributed by atoms with Crippen molar-refractivity contribution in [2.75, 3.05) is 0 Å². The van der Waals surface area contributed by atoms with E-state index in [2.05, 4.69) is 29.8 Å². The molecule has 2 heteroatoms. The second-order valence-corrected chi connectivity index (χ2v) is 2.97. The summed E-state index contributed by atoms with van der Waals surface area (Å²) in [7, 11) is 0. The van der Waals surface area contributed by atoms with E-state index in [9.17, 15) is 0 Å². The minimum absolute atomic E-state index is 0.814. The van der Waals surface area contributed by atoms with E-state index in [1.165, 1.54) is 0 Å². The van der Waals surface area contributed by atoms with Crippen molar-refractivity contribution >= 4 is 11.4 Å². The molecular formula is C11H18N2. The summed E-state index contributed by atoms with van der Waals surface area (Å²) < 4.78 is 0. The number of nitrogens with zero attached hydrogens (tertiary/aromatic N) is 2. The number of allylic oxidation sites excluding steroid dienone is 3. The van der Waals surface area contributed by atoms with Crippen LogP contribution < -0.4 is 0 Å². The van der Waals surface area contributed by atoms with Gasteiger partial charge in [0.25, 0.3) is 0 Å². The second kappa shape index (κ2) is 7.47. The van der Waals surface area contributed by atoms with Crippen molar-refractivity contribution in [3.8, 4) is 0 Å². The molecule has 0 saturated carbocycles. The number of unbranched alkanes of at least 4 members (excludes halogenated alkanes) is 1. The lowest BCUT2D eigenvalue weighted by atomic mass is 10.2. The number of rotatable bonds is 5. The third kappa shape index (κ3) is 7.19. The van der Waals surface area contributed by atoms with Gasteiger partial charge in [0.1, 0.15) is 0 Å². The first-order chi connectivity index (χ1) is 6.20. The zero-order valence-corrected chi connectivity index (χ0v) is 8.75. The van der Waals surface area contributed by atoms with Crippen LogP contribution in [0.2, 0.25) is 0 Å². The lowest BCUT2D eigenvalue weighted by Gasteiger charge is -1.89. The van der Waals surface area contributed by atoms with Crippen LogP contribution in [0.25, 0.3) is 0 Å². The van der Waals surface area contributed by atoms with Gasteiger partial charge in [-0.3, -0.25) is 0 Å². The van der Waals surface area contributed by atoms with Gasteiger partial charge in [-0.25, -0.2) is 0 Å². The Morgan fingerprint density at radius 2 is 2.00 bits per heavy atom. The third-order valence-corrected chi connectivity index (χ3v) is 1.32. The molecule has 0 radical (unpaired) electrons. The minimum atomic E-state index is 0.814. The van der Waals surface area contributed by atoms with Gasteiger partial charge in [-0.1, -0.05) is 26.0 Å². The zero-order chi connectivity index (χ0) is 10.1. The van der Waals surface area contributed by atoms with E-state index in [1.54, 1.807) is 6.08 Å².